The van der Waals surface area contributed by atoms with Crippen LogP contribution in [-0.4, -0.2) is 41.6 Å². The average molecular weight is 338 g/mol. The Kier molecular flexibility index (Phi) is 4.56. The Morgan fingerprint density at radius 2 is 1.91 bits per heavy atom. The predicted octanol–water partition coefficient (Wildman–Crippen LogP) is 1.08. The van der Waals surface area contributed by atoms with Crippen LogP contribution in [0.3, 0.4) is 0 Å². The van der Waals surface area contributed by atoms with Crippen molar-refractivity contribution in [2.24, 2.45) is 0 Å². The standard InChI is InChI=1S/C15H14O7S/c1-19-14(16)10-7-11(13-12(8-10)21-23(18)22-13)20-15(17)9-5-3-2-4-6-9/h2-6,8,11-13H,7H2,1H3/t11-,12-,13+,23?/m1/s1. The first-order chi connectivity index (χ1) is 11.1. The van der Waals surface area contributed by atoms with Gasteiger partial charge in [-0.1, -0.05) is 18.2 Å². The average Bonchev–Trinajstić information content (AvgIpc) is 2.95. The molecule has 122 valence electrons. The number of ether oxygens (including phenoxy) is 2. The fourth-order valence-corrected chi connectivity index (χ4v) is 3.29. The molecule has 0 N–H and O–H groups in total. The van der Waals surface area contributed by atoms with E-state index >= 15 is 0 Å². The van der Waals surface area contributed by atoms with Crippen LogP contribution in [-0.2, 0) is 34.0 Å². The van der Waals surface area contributed by atoms with Crippen molar-refractivity contribution >= 4 is 23.3 Å². The molecule has 2 aliphatic rings. The first-order valence-corrected chi connectivity index (χ1v) is 7.89. The first-order valence-electron chi connectivity index (χ1n) is 6.89. The molecule has 8 heteroatoms. The molecule has 1 aliphatic heterocycles. The molecule has 23 heavy (non-hydrogen) atoms. The van der Waals surface area contributed by atoms with E-state index in [0.717, 1.165) is 0 Å². The molecule has 1 heterocycles. The summed E-state index contributed by atoms with van der Waals surface area (Å²) in [6.07, 6.45) is -0.649. The summed E-state index contributed by atoms with van der Waals surface area (Å²) < 4.78 is 31.8. The maximum atomic E-state index is 12.2. The van der Waals surface area contributed by atoms with E-state index in [1.165, 1.54) is 13.2 Å². The molecule has 0 aromatic heterocycles. The van der Waals surface area contributed by atoms with Gasteiger partial charge in [0.2, 0.25) is 0 Å². The zero-order valence-electron chi connectivity index (χ0n) is 12.2. The first kappa shape index (κ1) is 15.9. The Labute approximate surface area is 135 Å². The van der Waals surface area contributed by atoms with Crippen LogP contribution < -0.4 is 0 Å². The highest BCUT2D eigenvalue weighted by Crippen LogP contribution is 2.32. The van der Waals surface area contributed by atoms with E-state index in [-0.39, 0.29) is 6.42 Å². The highest BCUT2D eigenvalue weighted by atomic mass is 32.2. The summed E-state index contributed by atoms with van der Waals surface area (Å²) in [5.74, 6) is -1.10. The topological polar surface area (TPSA) is 88.1 Å². The van der Waals surface area contributed by atoms with E-state index in [9.17, 15) is 13.8 Å². The lowest BCUT2D eigenvalue weighted by Crippen LogP contribution is -2.42. The van der Waals surface area contributed by atoms with Crippen molar-refractivity contribution in [2.75, 3.05) is 7.11 Å². The SMILES string of the molecule is COC(=O)C1=C[C@H]2OS(=O)O[C@H]2[C@H](OC(=O)c2ccccc2)C1. The molecule has 1 unspecified atom stereocenters. The van der Waals surface area contributed by atoms with Crippen molar-refractivity contribution in [2.45, 2.75) is 24.7 Å². The molecule has 1 aromatic rings. The molecule has 0 saturated carbocycles. The lowest BCUT2D eigenvalue weighted by atomic mass is 9.92. The van der Waals surface area contributed by atoms with Gasteiger partial charge in [0.15, 0.2) is 0 Å². The van der Waals surface area contributed by atoms with Crippen molar-refractivity contribution in [3.63, 3.8) is 0 Å². The number of methoxy groups -OCH3 is 1. The molecule has 0 bridgehead atoms. The Bertz CT molecular complexity index is 670. The summed E-state index contributed by atoms with van der Waals surface area (Å²) in [7, 11) is 1.25. The second kappa shape index (κ2) is 6.61. The Balaban J connectivity index is 1.80. The molecular formula is C15H14O7S. The molecular weight excluding hydrogens is 324 g/mol. The zero-order valence-corrected chi connectivity index (χ0v) is 13.0. The third-order valence-corrected chi connectivity index (χ3v) is 4.33. The number of fused-ring (bicyclic) bond motifs is 1. The highest BCUT2D eigenvalue weighted by Gasteiger charge is 2.46. The maximum absolute atomic E-state index is 12.2. The van der Waals surface area contributed by atoms with E-state index in [4.69, 9.17) is 13.1 Å². The van der Waals surface area contributed by atoms with Crippen molar-refractivity contribution < 1.29 is 31.6 Å². The van der Waals surface area contributed by atoms with Crippen LogP contribution in [0.2, 0.25) is 0 Å². The summed E-state index contributed by atoms with van der Waals surface area (Å²) in [5.41, 5.74) is 0.667. The predicted molar refractivity (Wildman–Crippen MR) is 78.2 cm³/mol. The van der Waals surface area contributed by atoms with Crippen molar-refractivity contribution in [3.05, 3.63) is 47.5 Å². The van der Waals surface area contributed by atoms with Gasteiger partial charge in [-0.2, -0.15) is 4.21 Å². The van der Waals surface area contributed by atoms with E-state index in [1.807, 2.05) is 0 Å². The van der Waals surface area contributed by atoms with Crippen molar-refractivity contribution in [1.29, 1.82) is 0 Å². The second-order valence-electron chi connectivity index (χ2n) is 5.02. The van der Waals surface area contributed by atoms with Crippen LogP contribution >= 0.6 is 0 Å². The van der Waals surface area contributed by atoms with Gasteiger partial charge in [-0.3, -0.25) is 8.37 Å². The normalized spacial score (nSPS) is 29.3. The molecule has 3 rings (SSSR count). The number of carbonyl (C=O) groups is 2. The largest absolute Gasteiger partial charge is 0.466 e. The van der Waals surface area contributed by atoms with E-state index in [2.05, 4.69) is 4.74 Å². The smallest absolute Gasteiger partial charge is 0.338 e. The summed E-state index contributed by atoms with van der Waals surface area (Å²) in [6.45, 7) is 0. The van der Waals surface area contributed by atoms with Gasteiger partial charge >= 0.3 is 23.3 Å². The van der Waals surface area contributed by atoms with Crippen LogP contribution in [0.15, 0.2) is 42.0 Å². The zero-order chi connectivity index (χ0) is 16.4. The van der Waals surface area contributed by atoms with Crippen LogP contribution in [0.25, 0.3) is 0 Å². The van der Waals surface area contributed by atoms with Crippen LogP contribution in [0.5, 0.6) is 0 Å². The number of esters is 2. The van der Waals surface area contributed by atoms with E-state index in [0.29, 0.717) is 11.1 Å². The highest BCUT2D eigenvalue weighted by molar-refractivity contribution is 7.75. The van der Waals surface area contributed by atoms with Gasteiger partial charge < -0.3 is 9.47 Å². The Morgan fingerprint density at radius 1 is 1.17 bits per heavy atom. The van der Waals surface area contributed by atoms with Gasteiger partial charge in [-0.15, -0.1) is 0 Å². The molecule has 0 spiro atoms. The quantitative estimate of drug-likeness (QED) is 0.762. The van der Waals surface area contributed by atoms with Crippen molar-refractivity contribution in [1.82, 2.24) is 0 Å². The molecule has 1 aliphatic carbocycles. The van der Waals surface area contributed by atoms with Gasteiger partial charge in [0.25, 0.3) is 0 Å². The van der Waals surface area contributed by atoms with Crippen LogP contribution in [0, 0.1) is 0 Å². The van der Waals surface area contributed by atoms with Gasteiger partial charge in [0.05, 0.1) is 12.7 Å². The third-order valence-electron chi connectivity index (χ3n) is 3.57. The van der Waals surface area contributed by atoms with Crippen molar-refractivity contribution in [3.8, 4) is 0 Å². The number of rotatable bonds is 3. The van der Waals surface area contributed by atoms with Crippen LogP contribution in [0.4, 0.5) is 0 Å². The molecule has 0 radical (unpaired) electrons. The fourth-order valence-electron chi connectivity index (χ4n) is 2.48. The number of benzene rings is 1. The van der Waals surface area contributed by atoms with E-state index < -0.39 is 41.6 Å². The second-order valence-corrected chi connectivity index (χ2v) is 5.82. The van der Waals surface area contributed by atoms with Gasteiger partial charge in [0, 0.05) is 12.0 Å². The summed E-state index contributed by atoms with van der Waals surface area (Å²) in [4.78, 5) is 23.9. The summed E-state index contributed by atoms with van der Waals surface area (Å²) in [5, 5.41) is 0. The lowest BCUT2D eigenvalue weighted by molar-refractivity contribution is -0.137. The molecule has 1 saturated heterocycles. The minimum Gasteiger partial charge on any atom is -0.466 e. The Hall–Kier alpha value is -2.03. The molecule has 0 amide bonds. The number of hydrogen-bond acceptors (Lipinski definition) is 7. The van der Waals surface area contributed by atoms with Gasteiger partial charge in [-0.25, -0.2) is 9.59 Å². The minimum absolute atomic E-state index is 0.104. The van der Waals surface area contributed by atoms with Crippen LogP contribution in [0.1, 0.15) is 16.8 Å². The summed E-state index contributed by atoms with van der Waals surface area (Å²) >= 11 is -1.94. The number of carbonyl (C=O) groups excluding carboxylic acids is 2. The molecule has 1 aromatic carbocycles. The lowest BCUT2D eigenvalue weighted by Gasteiger charge is -2.28. The fraction of sp³-hybridized carbons (Fsp3) is 0.333. The van der Waals surface area contributed by atoms with E-state index in [1.54, 1.807) is 30.3 Å². The Morgan fingerprint density at radius 3 is 2.61 bits per heavy atom. The molecule has 7 nitrogen and oxygen atoms in total. The van der Waals surface area contributed by atoms with Gasteiger partial charge in [0.1, 0.15) is 18.3 Å². The van der Waals surface area contributed by atoms with Gasteiger partial charge in [-0.05, 0) is 18.2 Å². The third kappa shape index (κ3) is 3.34. The minimum atomic E-state index is -1.94. The number of hydrogen-bond donors (Lipinski definition) is 0. The summed E-state index contributed by atoms with van der Waals surface area (Å²) in [6, 6.07) is 8.44. The monoisotopic (exact) mass is 338 g/mol. The molecule has 1 fully saturated rings. The maximum Gasteiger partial charge on any atom is 0.338 e. The molecule has 4 atom stereocenters.